The molecule has 3 nitrogen and oxygen atoms in total. The molecule has 2 aliphatic rings. The molecule has 3 heteroatoms. The topological polar surface area (TPSA) is 32.3 Å². The van der Waals surface area contributed by atoms with E-state index in [9.17, 15) is 4.79 Å². The number of rotatable bonds is 5. The quantitative estimate of drug-likeness (QED) is 0.830. The van der Waals surface area contributed by atoms with Gasteiger partial charge in [-0.1, -0.05) is 20.8 Å². The van der Waals surface area contributed by atoms with E-state index in [1.54, 1.807) is 0 Å². The van der Waals surface area contributed by atoms with Gasteiger partial charge in [0, 0.05) is 25.6 Å². The van der Waals surface area contributed by atoms with Gasteiger partial charge in [-0.2, -0.15) is 0 Å². The van der Waals surface area contributed by atoms with Crippen LogP contribution in [-0.2, 0) is 4.79 Å². The monoisotopic (exact) mass is 266 g/mol. The molecule has 1 aliphatic carbocycles. The Labute approximate surface area is 118 Å². The molecule has 1 saturated heterocycles. The molecular weight excluding hydrogens is 236 g/mol. The van der Waals surface area contributed by atoms with Gasteiger partial charge in [0.2, 0.25) is 5.91 Å². The summed E-state index contributed by atoms with van der Waals surface area (Å²) in [5.74, 6) is 1.31. The zero-order valence-corrected chi connectivity index (χ0v) is 12.9. The number of likely N-dealkylation sites (tertiary alicyclic amines) is 1. The van der Waals surface area contributed by atoms with Crippen molar-refractivity contribution in [3.63, 3.8) is 0 Å². The van der Waals surface area contributed by atoms with Crippen LogP contribution in [0, 0.1) is 11.3 Å². The van der Waals surface area contributed by atoms with Gasteiger partial charge in [-0.3, -0.25) is 4.79 Å². The number of amides is 1. The molecular formula is C16H30N2O. The maximum absolute atomic E-state index is 12.1. The van der Waals surface area contributed by atoms with Gasteiger partial charge in [-0.05, 0) is 50.0 Å². The van der Waals surface area contributed by atoms with Gasteiger partial charge in [0.05, 0.1) is 0 Å². The first-order valence-electron chi connectivity index (χ1n) is 7.95. The molecule has 0 aromatic rings. The molecule has 1 aliphatic heterocycles. The lowest BCUT2D eigenvalue weighted by molar-refractivity contribution is -0.132. The minimum atomic E-state index is 0.264. The largest absolute Gasteiger partial charge is 0.343 e. The number of carbonyl (C=O) groups excluding carboxylic acids is 1. The van der Waals surface area contributed by atoms with E-state index in [2.05, 4.69) is 31.0 Å². The zero-order chi connectivity index (χ0) is 13.9. The molecule has 0 aromatic carbocycles. The van der Waals surface area contributed by atoms with E-state index in [-0.39, 0.29) is 5.41 Å². The molecule has 0 unspecified atom stereocenters. The number of hydrogen-bond acceptors (Lipinski definition) is 2. The Hall–Kier alpha value is -0.570. The molecule has 1 N–H and O–H groups in total. The third-order valence-corrected chi connectivity index (χ3v) is 4.33. The summed E-state index contributed by atoms with van der Waals surface area (Å²) in [6.07, 6.45) is 6.80. The van der Waals surface area contributed by atoms with Crippen LogP contribution in [0.5, 0.6) is 0 Å². The summed E-state index contributed by atoms with van der Waals surface area (Å²) in [5, 5.41) is 3.66. The fraction of sp³-hybridized carbons (Fsp3) is 0.938. The van der Waals surface area contributed by atoms with Gasteiger partial charge in [-0.15, -0.1) is 0 Å². The van der Waals surface area contributed by atoms with Crippen LogP contribution in [0.1, 0.15) is 59.3 Å². The van der Waals surface area contributed by atoms with Crippen molar-refractivity contribution in [2.24, 2.45) is 11.3 Å². The summed E-state index contributed by atoms with van der Waals surface area (Å²) in [7, 11) is 0. The lowest BCUT2D eigenvalue weighted by atomic mass is 9.90. The van der Waals surface area contributed by atoms with Crippen LogP contribution in [0.4, 0.5) is 0 Å². The van der Waals surface area contributed by atoms with Crippen LogP contribution in [-0.4, -0.2) is 36.5 Å². The highest BCUT2D eigenvalue weighted by Crippen LogP contribution is 2.28. The van der Waals surface area contributed by atoms with Crippen molar-refractivity contribution in [3.8, 4) is 0 Å². The van der Waals surface area contributed by atoms with E-state index in [0.717, 1.165) is 38.3 Å². The number of nitrogens with zero attached hydrogens (tertiary/aromatic N) is 1. The molecule has 19 heavy (non-hydrogen) atoms. The average molecular weight is 266 g/mol. The smallest absolute Gasteiger partial charge is 0.222 e. The van der Waals surface area contributed by atoms with Crippen LogP contribution < -0.4 is 5.32 Å². The first-order valence-corrected chi connectivity index (χ1v) is 7.95. The lowest BCUT2D eigenvalue weighted by Gasteiger charge is -2.33. The molecule has 0 bridgehead atoms. The molecule has 0 atom stereocenters. The number of carbonyl (C=O) groups is 1. The van der Waals surface area contributed by atoms with E-state index in [1.165, 1.54) is 19.4 Å². The second-order valence-corrected chi connectivity index (χ2v) is 7.57. The van der Waals surface area contributed by atoms with Crippen LogP contribution in [0.25, 0.3) is 0 Å². The Morgan fingerprint density at radius 1 is 1.16 bits per heavy atom. The van der Waals surface area contributed by atoms with Crippen molar-refractivity contribution < 1.29 is 4.79 Å². The Morgan fingerprint density at radius 3 is 2.32 bits per heavy atom. The zero-order valence-electron chi connectivity index (χ0n) is 12.9. The van der Waals surface area contributed by atoms with Crippen LogP contribution >= 0.6 is 0 Å². The maximum Gasteiger partial charge on any atom is 0.222 e. The third-order valence-electron chi connectivity index (χ3n) is 4.33. The average Bonchev–Trinajstić information content (AvgIpc) is 3.17. The van der Waals surface area contributed by atoms with Gasteiger partial charge < -0.3 is 10.2 Å². The van der Waals surface area contributed by atoms with E-state index < -0.39 is 0 Å². The highest BCUT2D eigenvalue weighted by molar-refractivity contribution is 5.76. The van der Waals surface area contributed by atoms with Crippen molar-refractivity contribution in [1.29, 1.82) is 0 Å². The van der Waals surface area contributed by atoms with Gasteiger partial charge in [0.15, 0.2) is 0 Å². The van der Waals surface area contributed by atoms with Crippen LogP contribution in [0.3, 0.4) is 0 Å². The molecule has 110 valence electrons. The first-order chi connectivity index (χ1) is 8.94. The van der Waals surface area contributed by atoms with Gasteiger partial charge in [0.25, 0.3) is 0 Å². The molecule has 0 radical (unpaired) electrons. The Bertz CT molecular complexity index is 296. The standard InChI is InChI=1S/C16H30N2O/c1-16(2,3)9-6-15(19)18-10-7-14(8-11-18)17-12-13-4-5-13/h13-14,17H,4-12H2,1-3H3. The van der Waals surface area contributed by atoms with Crippen molar-refractivity contribution in [2.75, 3.05) is 19.6 Å². The fourth-order valence-corrected chi connectivity index (χ4v) is 2.63. The van der Waals surface area contributed by atoms with E-state index >= 15 is 0 Å². The molecule has 2 rings (SSSR count). The molecule has 0 aromatic heterocycles. The van der Waals surface area contributed by atoms with Crippen LogP contribution in [0.2, 0.25) is 0 Å². The summed E-state index contributed by atoms with van der Waals surface area (Å²) >= 11 is 0. The summed E-state index contributed by atoms with van der Waals surface area (Å²) in [5.41, 5.74) is 0.264. The normalized spacial score (nSPS) is 21.7. The second-order valence-electron chi connectivity index (χ2n) is 7.57. The van der Waals surface area contributed by atoms with Crippen molar-refractivity contribution in [3.05, 3.63) is 0 Å². The van der Waals surface area contributed by atoms with E-state index in [0.29, 0.717) is 18.4 Å². The minimum absolute atomic E-state index is 0.264. The molecule has 1 heterocycles. The van der Waals surface area contributed by atoms with Crippen molar-refractivity contribution in [2.45, 2.75) is 65.3 Å². The number of nitrogens with one attached hydrogen (secondary N) is 1. The number of hydrogen-bond donors (Lipinski definition) is 1. The summed E-state index contributed by atoms with van der Waals surface area (Å²) < 4.78 is 0. The van der Waals surface area contributed by atoms with Crippen LogP contribution in [0.15, 0.2) is 0 Å². The predicted octanol–water partition coefficient (Wildman–Crippen LogP) is 2.80. The van der Waals surface area contributed by atoms with Gasteiger partial charge in [-0.25, -0.2) is 0 Å². The third kappa shape index (κ3) is 5.52. The Kier molecular flexibility index (Phi) is 4.88. The summed E-state index contributed by atoms with van der Waals surface area (Å²) in [6.45, 7) is 9.70. The van der Waals surface area contributed by atoms with Crippen molar-refractivity contribution in [1.82, 2.24) is 10.2 Å². The summed E-state index contributed by atoms with van der Waals surface area (Å²) in [4.78, 5) is 14.2. The maximum atomic E-state index is 12.1. The molecule has 1 saturated carbocycles. The lowest BCUT2D eigenvalue weighted by Crippen LogP contribution is -2.45. The Morgan fingerprint density at radius 2 is 1.79 bits per heavy atom. The Balaban J connectivity index is 1.62. The fourth-order valence-electron chi connectivity index (χ4n) is 2.63. The summed E-state index contributed by atoms with van der Waals surface area (Å²) in [6, 6.07) is 0.646. The minimum Gasteiger partial charge on any atom is -0.343 e. The molecule has 0 spiro atoms. The number of piperidine rings is 1. The molecule has 2 fully saturated rings. The SMILES string of the molecule is CC(C)(C)CCC(=O)N1CCC(NCC2CC2)CC1. The predicted molar refractivity (Wildman–Crippen MR) is 79.0 cm³/mol. The molecule has 1 amide bonds. The second kappa shape index (κ2) is 6.25. The van der Waals surface area contributed by atoms with Crippen molar-refractivity contribution >= 4 is 5.91 Å². The van der Waals surface area contributed by atoms with Gasteiger partial charge >= 0.3 is 0 Å². The first kappa shape index (κ1) is 14.8. The highest BCUT2D eigenvalue weighted by Gasteiger charge is 2.26. The van der Waals surface area contributed by atoms with E-state index in [4.69, 9.17) is 0 Å². The van der Waals surface area contributed by atoms with Gasteiger partial charge in [0.1, 0.15) is 0 Å². The highest BCUT2D eigenvalue weighted by atomic mass is 16.2. The van der Waals surface area contributed by atoms with E-state index in [1.807, 2.05) is 0 Å².